The number of carbonyl (C=O) groups is 2. The second kappa shape index (κ2) is 6.33. The number of H-pyrrole nitrogens is 1. The van der Waals surface area contributed by atoms with Crippen LogP contribution in [-0.4, -0.2) is 39.9 Å². The van der Waals surface area contributed by atoms with Crippen LogP contribution >= 0.6 is 0 Å². The Labute approximate surface area is 149 Å². The first-order valence-electron chi connectivity index (χ1n) is 7.82. The van der Waals surface area contributed by atoms with E-state index in [2.05, 4.69) is 20.5 Å². The number of nitrogens with zero attached hydrogens (tertiary/aromatic N) is 4. The van der Waals surface area contributed by atoms with Crippen LogP contribution in [0.5, 0.6) is 0 Å². The van der Waals surface area contributed by atoms with Crippen LogP contribution in [0.4, 0.5) is 5.69 Å². The molecule has 3 rings (SSSR count). The average Bonchev–Trinajstić information content (AvgIpc) is 3.09. The van der Waals surface area contributed by atoms with E-state index in [4.69, 9.17) is 11.0 Å². The predicted octanol–water partition coefficient (Wildman–Crippen LogP) is 0.926. The number of hydrogen-bond donors (Lipinski definition) is 3. The molecule has 0 saturated heterocycles. The number of guanidine groups is 1. The van der Waals surface area contributed by atoms with Crippen molar-refractivity contribution in [3.8, 4) is 6.07 Å². The summed E-state index contributed by atoms with van der Waals surface area (Å²) in [7, 11) is 1.58. The van der Waals surface area contributed by atoms with E-state index in [-0.39, 0.29) is 29.7 Å². The maximum absolute atomic E-state index is 12.2. The van der Waals surface area contributed by atoms with Gasteiger partial charge in [0, 0.05) is 18.8 Å². The van der Waals surface area contributed by atoms with Gasteiger partial charge in [0.15, 0.2) is 11.7 Å². The SMILES string of the molecule is CN1C(=O)CC(C)(c2cccc(NC(=O)c3cc(C#N)[nH]n3)c2)N=C1N. The topological polar surface area (TPSA) is 140 Å². The minimum absolute atomic E-state index is 0.106. The Kier molecular flexibility index (Phi) is 4.18. The summed E-state index contributed by atoms with van der Waals surface area (Å²) in [5, 5.41) is 17.8. The molecule has 9 nitrogen and oxygen atoms in total. The zero-order chi connectivity index (χ0) is 18.9. The van der Waals surface area contributed by atoms with Gasteiger partial charge in [-0.3, -0.25) is 19.6 Å². The maximum atomic E-state index is 12.2. The van der Waals surface area contributed by atoms with E-state index in [0.29, 0.717) is 5.69 Å². The van der Waals surface area contributed by atoms with Crippen molar-refractivity contribution < 1.29 is 9.59 Å². The zero-order valence-corrected chi connectivity index (χ0v) is 14.3. The van der Waals surface area contributed by atoms with Gasteiger partial charge in [0.1, 0.15) is 11.8 Å². The molecule has 1 atom stereocenters. The van der Waals surface area contributed by atoms with E-state index >= 15 is 0 Å². The number of carbonyl (C=O) groups excluding carboxylic acids is 2. The van der Waals surface area contributed by atoms with Crippen molar-refractivity contribution in [1.29, 1.82) is 5.26 Å². The number of aliphatic imine (C=N–C) groups is 1. The van der Waals surface area contributed by atoms with E-state index in [1.165, 1.54) is 11.0 Å². The van der Waals surface area contributed by atoms with Crippen LogP contribution in [0.25, 0.3) is 0 Å². The molecule has 1 unspecified atom stereocenters. The molecule has 132 valence electrons. The highest BCUT2D eigenvalue weighted by atomic mass is 16.2. The molecule has 4 N–H and O–H groups in total. The largest absolute Gasteiger partial charge is 0.369 e. The number of anilines is 1. The molecule has 2 aromatic rings. The van der Waals surface area contributed by atoms with E-state index in [9.17, 15) is 9.59 Å². The monoisotopic (exact) mass is 351 g/mol. The summed E-state index contributed by atoms with van der Waals surface area (Å²) in [5.74, 6) is -0.429. The van der Waals surface area contributed by atoms with Crippen molar-refractivity contribution in [2.45, 2.75) is 18.9 Å². The van der Waals surface area contributed by atoms with Crippen molar-refractivity contribution in [3.05, 3.63) is 47.3 Å². The predicted molar refractivity (Wildman–Crippen MR) is 94.1 cm³/mol. The second-order valence-electron chi connectivity index (χ2n) is 6.19. The highest BCUT2D eigenvalue weighted by molar-refractivity contribution is 6.03. The molecule has 0 aliphatic carbocycles. The first kappa shape index (κ1) is 17.2. The third-order valence-corrected chi connectivity index (χ3v) is 4.25. The number of aromatic amines is 1. The maximum Gasteiger partial charge on any atom is 0.276 e. The Hall–Kier alpha value is -3.67. The molecule has 26 heavy (non-hydrogen) atoms. The fourth-order valence-corrected chi connectivity index (χ4v) is 2.70. The minimum Gasteiger partial charge on any atom is -0.369 e. The normalized spacial score (nSPS) is 19.7. The molecule has 0 fully saturated rings. The van der Waals surface area contributed by atoms with Crippen LogP contribution in [0.3, 0.4) is 0 Å². The summed E-state index contributed by atoms with van der Waals surface area (Å²) < 4.78 is 0. The summed E-state index contributed by atoms with van der Waals surface area (Å²) in [6.45, 7) is 1.82. The number of amides is 2. The van der Waals surface area contributed by atoms with Gasteiger partial charge in [-0.25, -0.2) is 4.99 Å². The number of benzene rings is 1. The molecule has 0 bridgehead atoms. The van der Waals surface area contributed by atoms with Crippen molar-refractivity contribution in [3.63, 3.8) is 0 Å². The van der Waals surface area contributed by atoms with Gasteiger partial charge in [0.2, 0.25) is 5.91 Å². The molecule has 0 spiro atoms. The lowest BCUT2D eigenvalue weighted by Gasteiger charge is -2.33. The Morgan fingerprint density at radius 1 is 1.46 bits per heavy atom. The van der Waals surface area contributed by atoms with Gasteiger partial charge in [-0.05, 0) is 24.6 Å². The molecule has 2 amide bonds. The summed E-state index contributed by atoms with van der Waals surface area (Å²) in [4.78, 5) is 30.1. The van der Waals surface area contributed by atoms with E-state index in [1.807, 2.05) is 19.1 Å². The standard InChI is InChI=1S/C17H17N7O2/c1-17(8-14(25)24(2)16(19)21-17)10-4-3-5-11(6-10)20-15(26)13-7-12(9-18)22-23-13/h3-7H,8H2,1-2H3,(H2,19,21)(H,20,26)(H,22,23). The van der Waals surface area contributed by atoms with Crippen molar-refractivity contribution in [1.82, 2.24) is 15.1 Å². The smallest absolute Gasteiger partial charge is 0.276 e. The number of nitriles is 1. The first-order valence-corrected chi connectivity index (χ1v) is 7.82. The zero-order valence-electron chi connectivity index (χ0n) is 14.3. The van der Waals surface area contributed by atoms with Gasteiger partial charge < -0.3 is 11.1 Å². The highest BCUT2D eigenvalue weighted by Gasteiger charge is 2.36. The van der Waals surface area contributed by atoms with Crippen molar-refractivity contribution in [2.75, 3.05) is 12.4 Å². The Bertz CT molecular complexity index is 956. The minimum atomic E-state index is -0.811. The number of nitrogens with two attached hydrogens (primary N) is 1. The Morgan fingerprint density at radius 2 is 2.23 bits per heavy atom. The van der Waals surface area contributed by atoms with E-state index < -0.39 is 11.4 Å². The van der Waals surface area contributed by atoms with Crippen LogP contribution < -0.4 is 11.1 Å². The molecule has 1 aliphatic rings. The van der Waals surface area contributed by atoms with Gasteiger partial charge in [0.25, 0.3) is 5.91 Å². The molecule has 1 aromatic heterocycles. The molecule has 0 radical (unpaired) electrons. The van der Waals surface area contributed by atoms with Gasteiger partial charge in [-0.1, -0.05) is 12.1 Å². The van der Waals surface area contributed by atoms with Gasteiger partial charge in [-0.15, -0.1) is 0 Å². The second-order valence-corrected chi connectivity index (χ2v) is 6.19. The van der Waals surface area contributed by atoms with Crippen molar-refractivity contribution in [2.24, 2.45) is 10.7 Å². The Balaban J connectivity index is 1.86. The fraction of sp³-hybridized carbons (Fsp3) is 0.235. The average molecular weight is 351 g/mol. The van der Waals surface area contributed by atoms with Crippen LogP contribution in [0.1, 0.15) is 35.1 Å². The lowest BCUT2D eigenvalue weighted by Crippen LogP contribution is -2.47. The van der Waals surface area contributed by atoms with Gasteiger partial charge >= 0.3 is 0 Å². The molecule has 1 aromatic carbocycles. The lowest BCUT2D eigenvalue weighted by atomic mass is 9.87. The molecular formula is C17H17N7O2. The summed E-state index contributed by atoms with van der Waals surface area (Å²) in [5.41, 5.74) is 6.61. The number of hydrogen-bond acceptors (Lipinski definition) is 6. The summed E-state index contributed by atoms with van der Waals surface area (Å²) in [6, 6.07) is 10.3. The van der Waals surface area contributed by atoms with Gasteiger partial charge in [-0.2, -0.15) is 10.4 Å². The first-order chi connectivity index (χ1) is 12.3. The Morgan fingerprint density at radius 3 is 2.88 bits per heavy atom. The summed E-state index contributed by atoms with van der Waals surface area (Å²) >= 11 is 0. The quantitative estimate of drug-likeness (QED) is 0.754. The van der Waals surface area contributed by atoms with E-state index in [1.54, 1.807) is 25.2 Å². The molecular weight excluding hydrogens is 334 g/mol. The molecule has 9 heteroatoms. The van der Waals surface area contributed by atoms with Gasteiger partial charge in [0.05, 0.1) is 12.0 Å². The third-order valence-electron chi connectivity index (χ3n) is 4.25. The molecule has 0 saturated carbocycles. The highest BCUT2D eigenvalue weighted by Crippen LogP contribution is 2.34. The van der Waals surface area contributed by atoms with E-state index in [0.717, 1.165) is 5.56 Å². The third kappa shape index (κ3) is 3.12. The molecule has 1 aliphatic heterocycles. The fourth-order valence-electron chi connectivity index (χ4n) is 2.70. The van der Waals surface area contributed by atoms with Crippen LogP contribution in [-0.2, 0) is 10.3 Å². The lowest BCUT2D eigenvalue weighted by molar-refractivity contribution is -0.128. The van der Waals surface area contributed by atoms with Crippen LogP contribution in [0.15, 0.2) is 35.3 Å². The van der Waals surface area contributed by atoms with Crippen LogP contribution in [0, 0.1) is 11.3 Å². The number of aromatic nitrogens is 2. The van der Waals surface area contributed by atoms with Crippen LogP contribution in [0.2, 0.25) is 0 Å². The number of nitrogens with one attached hydrogen (secondary N) is 2. The summed E-state index contributed by atoms with van der Waals surface area (Å²) in [6.07, 6.45) is 0.173. The molecule has 2 heterocycles. The van der Waals surface area contributed by atoms with Crippen molar-refractivity contribution >= 4 is 23.5 Å². The number of rotatable bonds is 3.